The van der Waals surface area contributed by atoms with Crippen LogP contribution in [0.2, 0.25) is 0 Å². The van der Waals surface area contributed by atoms with Gasteiger partial charge in [-0.1, -0.05) is 6.92 Å². The Hall–Kier alpha value is -2.57. The van der Waals surface area contributed by atoms with Crippen molar-refractivity contribution < 1.29 is 0 Å². The van der Waals surface area contributed by atoms with Crippen molar-refractivity contribution in [1.82, 2.24) is 5.01 Å². The zero-order chi connectivity index (χ0) is 14.0. The van der Waals surface area contributed by atoms with Crippen LogP contribution in [0.5, 0.6) is 0 Å². The first-order chi connectivity index (χ1) is 8.44. The maximum absolute atomic E-state index is 9.34. The standard InChI is InChI=1S/C12H12N6/c1-9-4-10(17-18(2)3)12(7-15,8-16)11(9,5-13)6-14/h9H,4H2,1-3H3/b17-10+/t9-/m0/s1. The van der Waals surface area contributed by atoms with Crippen molar-refractivity contribution in [2.75, 3.05) is 14.1 Å². The van der Waals surface area contributed by atoms with Gasteiger partial charge >= 0.3 is 0 Å². The number of rotatable bonds is 1. The van der Waals surface area contributed by atoms with Crippen LogP contribution < -0.4 is 0 Å². The smallest absolute Gasteiger partial charge is 0.214 e. The van der Waals surface area contributed by atoms with Gasteiger partial charge in [0.2, 0.25) is 5.41 Å². The van der Waals surface area contributed by atoms with Gasteiger partial charge in [-0.15, -0.1) is 0 Å². The number of hydrazone groups is 1. The van der Waals surface area contributed by atoms with Gasteiger partial charge in [0.25, 0.3) is 0 Å². The third-order valence-electron chi connectivity index (χ3n) is 3.27. The summed E-state index contributed by atoms with van der Waals surface area (Å²) in [5.41, 5.74) is -3.17. The molecule has 90 valence electrons. The zero-order valence-electron chi connectivity index (χ0n) is 10.5. The lowest BCUT2D eigenvalue weighted by atomic mass is 9.65. The fourth-order valence-electron chi connectivity index (χ4n) is 2.29. The fourth-order valence-corrected chi connectivity index (χ4v) is 2.29. The van der Waals surface area contributed by atoms with E-state index in [-0.39, 0.29) is 5.71 Å². The molecule has 1 rings (SSSR count). The van der Waals surface area contributed by atoms with Crippen molar-refractivity contribution in [2.24, 2.45) is 21.8 Å². The molecule has 0 aliphatic heterocycles. The summed E-state index contributed by atoms with van der Waals surface area (Å²) in [6.45, 7) is 1.69. The predicted octanol–water partition coefficient (Wildman–Crippen LogP) is 1.01. The van der Waals surface area contributed by atoms with E-state index in [1.807, 2.05) is 24.3 Å². The van der Waals surface area contributed by atoms with E-state index >= 15 is 0 Å². The van der Waals surface area contributed by atoms with Crippen LogP contribution in [0.4, 0.5) is 0 Å². The van der Waals surface area contributed by atoms with E-state index in [0.717, 1.165) is 0 Å². The number of nitriles is 4. The molecule has 0 N–H and O–H groups in total. The van der Waals surface area contributed by atoms with Gasteiger partial charge in [0.15, 0.2) is 5.41 Å². The van der Waals surface area contributed by atoms with Gasteiger partial charge in [-0.25, -0.2) is 0 Å². The van der Waals surface area contributed by atoms with Crippen molar-refractivity contribution in [3.05, 3.63) is 0 Å². The number of nitrogens with zero attached hydrogens (tertiary/aromatic N) is 6. The van der Waals surface area contributed by atoms with Crippen LogP contribution in [0.3, 0.4) is 0 Å². The van der Waals surface area contributed by atoms with Crippen molar-refractivity contribution in [1.29, 1.82) is 21.0 Å². The molecule has 0 radical (unpaired) electrons. The Morgan fingerprint density at radius 2 is 1.61 bits per heavy atom. The lowest BCUT2D eigenvalue weighted by molar-refractivity contribution is 0.316. The molecule has 1 aliphatic rings. The molecule has 1 saturated carbocycles. The first-order valence-corrected chi connectivity index (χ1v) is 5.34. The molecule has 0 spiro atoms. The van der Waals surface area contributed by atoms with Gasteiger partial charge in [-0.3, -0.25) is 0 Å². The van der Waals surface area contributed by atoms with Gasteiger partial charge in [-0.2, -0.15) is 26.1 Å². The Bertz CT molecular complexity index is 517. The largest absolute Gasteiger partial charge is 0.303 e. The van der Waals surface area contributed by atoms with Crippen LogP contribution in [0.15, 0.2) is 5.10 Å². The highest BCUT2D eigenvalue weighted by atomic mass is 15.4. The third kappa shape index (κ3) is 1.41. The topological polar surface area (TPSA) is 111 Å². The number of hydrogen-bond acceptors (Lipinski definition) is 6. The minimum Gasteiger partial charge on any atom is -0.303 e. The maximum Gasteiger partial charge on any atom is 0.214 e. The summed E-state index contributed by atoms with van der Waals surface area (Å²) < 4.78 is 0. The first kappa shape index (κ1) is 13.5. The van der Waals surface area contributed by atoms with E-state index in [0.29, 0.717) is 6.42 Å². The van der Waals surface area contributed by atoms with E-state index in [1.54, 1.807) is 21.0 Å². The quantitative estimate of drug-likeness (QED) is 0.635. The van der Waals surface area contributed by atoms with Gasteiger partial charge < -0.3 is 5.01 Å². The lowest BCUT2D eigenvalue weighted by Crippen LogP contribution is -2.40. The molecule has 0 bridgehead atoms. The van der Waals surface area contributed by atoms with Gasteiger partial charge in [0.1, 0.15) is 0 Å². The normalized spacial score (nSPS) is 25.5. The van der Waals surface area contributed by atoms with Gasteiger partial charge in [-0.05, 0) is 12.3 Å². The molecular formula is C12H12N6. The molecule has 0 unspecified atom stereocenters. The van der Waals surface area contributed by atoms with Crippen LogP contribution in [-0.4, -0.2) is 24.8 Å². The molecule has 1 atom stereocenters. The van der Waals surface area contributed by atoms with E-state index in [9.17, 15) is 21.0 Å². The molecule has 0 aromatic heterocycles. The highest BCUT2D eigenvalue weighted by Crippen LogP contribution is 2.53. The van der Waals surface area contributed by atoms with Gasteiger partial charge in [0, 0.05) is 14.1 Å². The summed E-state index contributed by atoms with van der Waals surface area (Å²) in [5, 5.41) is 42.9. The maximum atomic E-state index is 9.34. The summed E-state index contributed by atoms with van der Waals surface area (Å²) >= 11 is 0. The van der Waals surface area contributed by atoms with Crippen molar-refractivity contribution in [3.8, 4) is 24.3 Å². The average molecular weight is 240 g/mol. The lowest BCUT2D eigenvalue weighted by Gasteiger charge is -2.26. The Kier molecular flexibility index (Phi) is 3.27. The summed E-state index contributed by atoms with van der Waals surface area (Å²) in [4.78, 5) is 0. The van der Waals surface area contributed by atoms with E-state index in [1.165, 1.54) is 5.01 Å². The Balaban J connectivity index is 3.62. The van der Waals surface area contributed by atoms with Crippen molar-refractivity contribution in [2.45, 2.75) is 13.3 Å². The monoisotopic (exact) mass is 240 g/mol. The molecule has 18 heavy (non-hydrogen) atoms. The summed E-state index contributed by atoms with van der Waals surface area (Å²) in [7, 11) is 3.33. The molecule has 1 fully saturated rings. The van der Waals surface area contributed by atoms with E-state index in [4.69, 9.17) is 0 Å². The van der Waals surface area contributed by atoms with Crippen molar-refractivity contribution >= 4 is 5.71 Å². The van der Waals surface area contributed by atoms with Crippen LogP contribution in [0.1, 0.15) is 13.3 Å². The van der Waals surface area contributed by atoms with Gasteiger partial charge in [0.05, 0.1) is 30.0 Å². The second-order valence-corrected chi connectivity index (χ2v) is 4.50. The highest BCUT2D eigenvalue weighted by Gasteiger charge is 2.66. The van der Waals surface area contributed by atoms with Crippen LogP contribution >= 0.6 is 0 Å². The molecule has 6 heteroatoms. The Labute approximate surface area is 106 Å². The van der Waals surface area contributed by atoms with E-state index in [2.05, 4.69) is 5.10 Å². The second-order valence-electron chi connectivity index (χ2n) is 4.50. The molecule has 0 heterocycles. The first-order valence-electron chi connectivity index (χ1n) is 5.34. The van der Waals surface area contributed by atoms with Crippen LogP contribution in [0, 0.1) is 62.1 Å². The molecule has 6 nitrogen and oxygen atoms in total. The third-order valence-corrected chi connectivity index (χ3v) is 3.27. The number of hydrogen-bond donors (Lipinski definition) is 0. The minimum absolute atomic E-state index is 0.285. The van der Waals surface area contributed by atoms with Crippen LogP contribution in [0.25, 0.3) is 0 Å². The molecule has 1 aliphatic carbocycles. The average Bonchev–Trinajstić information content (AvgIpc) is 2.57. The zero-order valence-corrected chi connectivity index (χ0v) is 10.5. The molecule has 0 saturated heterocycles. The SMILES string of the molecule is C[C@H]1C/C(=N\N(C)C)C(C#N)(C#N)C1(C#N)C#N. The minimum atomic E-state index is -1.79. The summed E-state index contributed by atoms with van der Waals surface area (Å²) in [5.74, 6) is -0.412. The molecular weight excluding hydrogens is 228 g/mol. The second kappa shape index (κ2) is 4.36. The molecule has 0 amide bonds. The van der Waals surface area contributed by atoms with E-state index < -0.39 is 16.7 Å². The summed E-state index contributed by atoms with van der Waals surface area (Å²) in [6, 6.07) is 7.42. The Morgan fingerprint density at radius 3 is 1.94 bits per heavy atom. The highest BCUT2D eigenvalue weighted by molar-refractivity contribution is 5.99. The fraction of sp³-hybridized carbons (Fsp3) is 0.583. The Morgan fingerprint density at radius 1 is 1.11 bits per heavy atom. The molecule has 0 aromatic rings. The molecule has 0 aromatic carbocycles. The summed E-state index contributed by atoms with van der Waals surface area (Å²) in [6.07, 6.45) is 0.292. The van der Waals surface area contributed by atoms with Crippen molar-refractivity contribution in [3.63, 3.8) is 0 Å². The predicted molar refractivity (Wildman–Crippen MR) is 62.2 cm³/mol. The van der Waals surface area contributed by atoms with Crippen LogP contribution in [-0.2, 0) is 0 Å².